The van der Waals surface area contributed by atoms with Gasteiger partial charge in [-0.05, 0) is 24.0 Å². The molecule has 0 aromatic heterocycles. The van der Waals surface area contributed by atoms with Crippen molar-refractivity contribution in [2.45, 2.75) is 52.6 Å². The summed E-state index contributed by atoms with van der Waals surface area (Å²) in [7, 11) is -7.07. The van der Waals surface area contributed by atoms with Gasteiger partial charge in [-0.25, -0.2) is 9.44 Å². The Bertz CT molecular complexity index is 677. The van der Waals surface area contributed by atoms with Crippen LogP contribution in [0.5, 0.6) is 0 Å². The Hall–Kier alpha value is -1.04. The molecule has 26 heavy (non-hydrogen) atoms. The smallest absolute Gasteiger partial charge is 0.202 e. The molecule has 1 rings (SSSR count). The predicted octanol–water partition coefficient (Wildman–Crippen LogP) is 1.13. The highest BCUT2D eigenvalue weighted by molar-refractivity contribution is 7.87. The number of rotatable bonds is 14. The summed E-state index contributed by atoms with van der Waals surface area (Å²) in [5.74, 6) is 0. The van der Waals surface area contributed by atoms with Crippen molar-refractivity contribution in [1.82, 2.24) is 18.9 Å². The fourth-order valence-electron chi connectivity index (χ4n) is 2.07. The van der Waals surface area contributed by atoms with Crippen LogP contribution in [0.3, 0.4) is 0 Å². The van der Waals surface area contributed by atoms with E-state index in [4.69, 9.17) is 0 Å². The summed E-state index contributed by atoms with van der Waals surface area (Å²) in [6.45, 7) is 5.05. The average molecular weight is 407 g/mol. The van der Waals surface area contributed by atoms with Crippen LogP contribution in [-0.4, -0.2) is 29.9 Å². The third-order valence-corrected chi connectivity index (χ3v) is 5.79. The summed E-state index contributed by atoms with van der Waals surface area (Å²) >= 11 is 0. The van der Waals surface area contributed by atoms with E-state index < -0.39 is 20.4 Å². The van der Waals surface area contributed by atoms with E-state index in [9.17, 15) is 16.8 Å². The number of benzene rings is 1. The first kappa shape index (κ1) is 23.0. The van der Waals surface area contributed by atoms with Crippen LogP contribution in [0.15, 0.2) is 24.3 Å². The van der Waals surface area contributed by atoms with E-state index in [2.05, 4.69) is 18.9 Å². The molecule has 0 fully saturated rings. The predicted molar refractivity (Wildman–Crippen MR) is 104 cm³/mol. The molecule has 0 saturated carbocycles. The van der Waals surface area contributed by atoms with Crippen LogP contribution < -0.4 is 18.9 Å². The first-order valence-corrected chi connectivity index (χ1v) is 11.8. The van der Waals surface area contributed by atoms with Gasteiger partial charge in [0.1, 0.15) is 0 Å². The van der Waals surface area contributed by atoms with Crippen LogP contribution in [0.1, 0.15) is 50.7 Å². The molecule has 0 radical (unpaired) electrons. The van der Waals surface area contributed by atoms with Crippen molar-refractivity contribution >= 4 is 20.4 Å². The second-order valence-corrected chi connectivity index (χ2v) is 9.13. The lowest BCUT2D eigenvalue weighted by atomic mass is 10.1. The highest BCUT2D eigenvalue weighted by Gasteiger charge is 2.10. The van der Waals surface area contributed by atoms with Crippen molar-refractivity contribution < 1.29 is 16.8 Å². The zero-order valence-electron chi connectivity index (χ0n) is 15.4. The molecule has 10 heteroatoms. The van der Waals surface area contributed by atoms with E-state index >= 15 is 0 Å². The first-order chi connectivity index (χ1) is 12.3. The van der Waals surface area contributed by atoms with E-state index in [-0.39, 0.29) is 13.1 Å². The van der Waals surface area contributed by atoms with Crippen molar-refractivity contribution in [3.05, 3.63) is 35.4 Å². The lowest BCUT2D eigenvalue weighted by Crippen LogP contribution is -2.37. The molecular formula is C16H30N4O4S2. The summed E-state index contributed by atoms with van der Waals surface area (Å²) in [5.41, 5.74) is 1.50. The molecule has 1 aromatic rings. The fraction of sp³-hybridized carbons (Fsp3) is 0.625. The van der Waals surface area contributed by atoms with Crippen molar-refractivity contribution in [2.75, 3.05) is 13.1 Å². The maximum absolute atomic E-state index is 11.8. The topological polar surface area (TPSA) is 116 Å². The molecule has 0 aliphatic rings. The van der Waals surface area contributed by atoms with Gasteiger partial charge in [0, 0.05) is 26.2 Å². The van der Waals surface area contributed by atoms with Gasteiger partial charge in [0.05, 0.1) is 0 Å². The maximum atomic E-state index is 11.8. The normalized spacial score (nSPS) is 12.4. The summed E-state index contributed by atoms with van der Waals surface area (Å²) in [6.07, 6.45) is 3.38. The van der Waals surface area contributed by atoms with Crippen LogP contribution in [0.25, 0.3) is 0 Å². The van der Waals surface area contributed by atoms with Gasteiger partial charge in [0.2, 0.25) is 0 Å². The Morgan fingerprint density at radius 2 is 1.15 bits per heavy atom. The van der Waals surface area contributed by atoms with Gasteiger partial charge in [-0.3, -0.25) is 0 Å². The monoisotopic (exact) mass is 406 g/mol. The van der Waals surface area contributed by atoms with Crippen LogP contribution in [0.2, 0.25) is 0 Å². The quantitative estimate of drug-likeness (QED) is 0.347. The van der Waals surface area contributed by atoms with Crippen LogP contribution in [0.4, 0.5) is 0 Å². The largest absolute Gasteiger partial charge is 0.277 e. The average Bonchev–Trinajstić information content (AvgIpc) is 2.59. The fourth-order valence-corrected chi connectivity index (χ4v) is 3.82. The van der Waals surface area contributed by atoms with Gasteiger partial charge < -0.3 is 0 Å². The second kappa shape index (κ2) is 11.6. The summed E-state index contributed by atoms with van der Waals surface area (Å²) in [6, 6.07) is 7.10. The molecule has 0 atom stereocenters. The summed E-state index contributed by atoms with van der Waals surface area (Å²) < 4.78 is 57.2. The molecule has 150 valence electrons. The Morgan fingerprint density at radius 3 is 1.54 bits per heavy atom. The Kier molecular flexibility index (Phi) is 10.3. The van der Waals surface area contributed by atoms with Crippen molar-refractivity contribution in [3.63, 3.8) is 0 Å². The van der Waals surface area contributed by atoms with Crippen LogP contribution in [0, 0.1) is 0 Å². The molecular weight excluding hydrogens is 376 g/mol. The van der Waals surface area contributed by atoms with Crippen molar-refractivity contribution in [2.24, 2.45) is 0 Å². The number of unbranched alkanes of at least 4 members (excludes halogenated alkanes) is 2. The standard InChI is InChI=1S/C16H30N4O4S2/c1-3-5-10-17-25(21,22)19-13-15-8-7-9-16(12-15)14-20-26(23,24)18-11-6-4-2/h7-9,12,17-20H,3-6,10-11,13-14H2,1-2H3. The third kappa shape index (κ3) is 10.2. The zero-order valence-corrected chi connectivity index (χ0v) is 17.0. The molecule has 0 bridgehead atoms. The minimum absolute atomic E-state index is 0.136. The van der Waals surface area contributed by atoms with E-state index in [0.29, 0.717) is 13.1 Å². The summed E-state index contributed by atoms with van der Waals surface area (Å²) in [4.78, 5) is 0. The van der Waals surface area contributed by atoms with E-state index in [1.165, 1.54) is 0 Å². The molecule has 0 amide bonds. The Labute approximate surface area is 157 Å². The van der Waals surface area contributed by atoms with Gasteiger partial charge >= 0.3 is 0 Å². The SMILES string of the molecule is CCCCNS(=O)(=O)NCc1cccc(CNS(=O)(=O)NCCCC)c1. The van der Waals surface area contributed by atoms with Crippen LogP contribution >= 0.6 is 0 Å². The van der Waals surface area contributed by atoms with Gasteiger partial charge in [-0.15, -0.1) is 0 Å². The number of nitrogens with one attached hydrogen (secondary N) is 4. The highest BCUT2D eigenvalue weighted by Crippen LogP contribution is 2.06. The molecule has 0 heterocycles. The number of hydrogen-bond donors (Lipinski definition) is 4. The van der Waals surface area contributed by atoms with E-state index in [0.717, 1.165) is 36.8 Å². The lowest BCUT2D eigenvalue weighted by molar-refractivity contribution is 0.562. The first-order valence-electron chi connectivity index (χ1n) is 8.84. The van der Waals surface area contributed by atoms with Crippen LogP contribution in [-0.2, 0) is 33.5 Å². The third-order valence-electron chi connectivity index (χ3n) is 3.57. The molecule has 0 saturated heterocycles. The molecule has 0 aliphatic heterocycles. The zero-order chi connectivity index (χ0) is 19.5. The van der Waals surface area contributed by atoms with E-state index in [1.54, 1.807) is 24.3 Å². The molecule has 1 aromatic carbocycles. The molecule has 8 nitrogen and oxygen atoms in total. The highest BCUT2D eigenvalue weighted by atomic mass is 32.2. The summed E-state index contributed by atoms with van der Waals surface area (Å²) in [5, 5.41) is 0. The molecule has 0 spiro atoms. The minimum atomic E-state index is -3.53. The lowest BCUT2D eigenvalue weighted by Gasteiger charge is -2.10. The van der Waals surface area contributed by atoms with Gasteiger partial charge in [-0.1, -0.05) is 51.0 Å². The van der Waals surface area contributed by atoms with Gasteiger partial charge in [0.25, 0.3) is 20.4 Å². The van der Waals surface area contributed by atoms with Crippen molar-refractivity contribution in [1.29, 1.82) is 0 Å². The van der Waals surface area contributed by atoms with Gasteiger partial charge in [-0.2, -0.15) is 26.3 Å². The Balaban J connectivity index is 2.52. The minimum Gasteiger partial charge on any atom is -0.202 e. The molecule has 0 unspecified atom stereocenters. The number of hydrogen-bond acceptors (Lipinski definition) is 4. The van der Waals surface area contributed by atoms with Crippen molar-refractivity contribution in [3.8, 4) is 0 Å². The van der Waals surface area contributed by atoms with E-state index in [1.807, 2.05) is 13.8 Å². The maximum Gasteiger partial charge on any atom is 0.277 e. The molecule has 0 aliphatic carbocycles. The Morgan fingerprint density at radius 1 is 0.731 bits per heavy atom. The molecule has 4 N–H and O–H groups in total. The van der Waals surface area contributed by atoms with Gasteiger partial charge in [0.15, 0.2) is 0 Å². The second-order valence-electron chi connectivity index (χ2n) is 5.96.